The van der Waals surface area contributed by atoms with E-state index < -0.39 is 0 Å². The molecule has 2 N–H and O–H groups in total. The molecule has 1 fully saturated rings. The van der Waals surface area contributed by atoms with Gasteiger partial charge in [0.2, 0.25) is 5.91 Å². The van der Waals surface area contributed by atoms with E-state index in [0.29, 0.717) is 0 Å². The molecule has 1 aliphatic heterocycles. The number of hydrogen-bond acceptors (Lipinski definition) is 3. The third kappa shape index (κ3) is 4.56. The van der Waals surface area contributed by atoms with Crippen molar-refractivity contribution in [1.29, 1.82) is 0 Å². The molecule has 1 saturated heterocycles. The topological polar surface area (TPSA) is 50.4 Å². The van der Waals surface area contributed by atoms with Crippen LogP contribution in [0.4, 0.5) is 5.69 Å². The first kappa shape index (κ1) is 15.0. The van der Waals surface area contributed by atoms with Crippen molar-refractivity contribution < 1.29 is 9.53 Å². The number of piperidine rings is 1. The highest BCUT2D eigenvalue weighted by molar-refractivity contribution is 9.11. The van der Waals surface area contributed by atoms with Gasteiger partial charge in [0.15, 0.2) is 0 Å². The standard InChI is InChI=1S/C13H16Br2N2O2/c14-10-2-1-3-11(15)13(10)17-12(18)8-19-9-4-6-16-7-5-9/h1-3,9,16H,4-8H2,(H,17,18). The maximum Gasteiger partial charge on any atom is 0.250 e. The molecular weight excluding hydrogens is 376 g/mol. The molecule has 0 radical (unpaired) electrons. The molecule has 4 nitrogen and oxygen atoms in total. The van der Waals surface area contributed by atoms with Gasteiger partial charge in [0.25, 0.3) is 0 Å². The third-order valence-electron chi connectivity index (χ3n) is 2.96. The van der Waals surface area contributed by atoms with Crippen LogP contribution in [0.1, 0.15) is 12.8 Å². The normalized spacial score (nSPS) is 16.3. The van der Waals surface area contributed by atoms with Crippen LogP contribution in [0.2, 0.25) is 0 Å². The van der Waals surface area contributed by atoms with Crippen molar-refractivity contribution in [2.45, 2.75) is 18.9 Å². The van der Waals surface area contributed by atoms with E-state index in [-0.39, 0.29) is 18.6 Å². The number of carbonyl (C=O) groups is 1. The summed E-state index contributed by atoms with van der Waals surface area (Å²) in [6.45, 7) is 2.02. The molecule has 0 aromatic heterocycles. The van der Waals surface area contributed by atoms with Gasteiger partial charge in [-0.3, -0.25) is 4.79 Å². The fourth-order valence-electron chi connectivity index (χ4n) is 1.95. The molecule has 0 saturated carbocycles. The maximum atomic E-state index is 11.9. The van der Waals surface area contributed by atoms with Crippen LogP contribution in [0.25, 0.3) is 0 Å². The van der Waals surface area contributed by atoms with Gasteiger partial charge in [-0.15, -0.1) is 0 Å². The first-order valence-corrected chi connectivity index (χ1v) is 7.81. The molecule has 1 heterocycles. The Kier molecular flexibility index (Phi) is 5.81. The first-order valence-electron chi connectivity index (χ1n) is 6.23. The summed E-state index contributed by atoms with van der Waals surface area (Å²) in [7, 11) is 0. The summed E-state index contributed by atoms with van der Waals surface area (Å²) in [6.07, 6.45) is 2.12. The van der Waals surface area contributed by atoms with Gasteiger partial charge in [-0.05, 0) is 69.9 Å². The second kappa shape index (κ2) is 7.38. The molecule has 1 aromatic rings. The van der Waals surface area contributed by atoms with E-state index in [4.69, 9.17) is 4.74 Å². The predicted molar refractivity (Wildman–Crippen MR) is 82.3 cm³/mol. The number of anilines is 1. The van der Waals surface area contributed by atoms with Gasteiger partial charge in [-0.25, -0.2) is 0 Å². The molecular formula is C13H16Br2N2O2. The van der Waals surface area contributed by atoms with Crippen LogP contribution in [0.3, 0.4) is 0 Å². The lowest BCUT2D eigenvalue weighted by Crippen LogP contribution is -2.34. The molecule has 1 aromatic carbocycles. The van der Waals surface area contributed by atoms with Crippen LogP contribution >= 0.6 is 31.9 Å². The highest BCUT2D eigenvalue weighted by Crippen LogP contribution is 2.30. The van der Waals surface area contributed by atoms with Crippen LogP contribution < -0.4 is 10.6 Å². The number of hydrogen-bond donors (Lipinski definition) is 2. The number of halogens is 2. The quantitative estimate of drug-likeness (QED) is 0.829. The van der Waals surface area contributed by atoms with Gasteiger partial charge in [0, 0.05) is 8.95 Å². The fourth-order valence-corrected chi connectivity index (χ4v) is 3.15. The predicted octanol–water partition coefficient (Wildman–Crippen LogP) is 2.92. The molecule has 0 atom stereocenters. The van der Waals surface area contributed by atoms with Crippen LogP contribution in [0, 0.1) is 0 Å². The van der Waals surface area contributed by atoms with E-state index in [1.807, 2.05) is 18.2 Å². The van der Waals surface area contributed by atoms with Crippen molar-refractivity contribution in [3.63, 3.8) is 0 Å². The Morgan fingerprint density at radius 1 is 1.32 bits per heavy atom. The Morgan fingerprint density at radius 2 is 1.95 bits per heavy atom. The summed E-state index contributed by atoms with van der Waals surface area (Å²) in [4.78, 5) is 11.9. The molecule has 1 aliphatic rings. The molecule has 6 heteroatoms. The Balaban J connectivity index is 1.83. The van der Waals surface area contributed by atoms with E-state index >= 15 is 0 Å². The van der Waals surface area contributed by atoms with Gasteiger partial charge in [0.05, 0.1) is 11.8 Å². The third-order valence-corrected chi connectivity index (χ3v) is 4.29. The number of rotatable bonds is 4. The number of para-hydroxylation sites is 1. The van der Waals surface area contributed by atoms with Crippen molar-refractivity contribution in [3.8, 4) is 0 Å². The highest BCUT2D eigenvalue weighted by Gasteiger charge is 2.15. The smallest absolute Gasteiger partial charge is 0.250 e. The van der Waals surface area contributed by atoms with Gasteiger partial charge >= 0.3 is 0 Å². The number of benzene rings is 1. The van der Waals surface area contributed by atoms with E-state index in [2.05, 4.69) is 42.5 Å². The SMILES string of the molecule is O=C(COC1CCNCC1)Nc1c(Br)cccc1Br. The van der Waals surface area contributed by atoms with E-state index in [0.717, 1.165) is 40.6 Å². The summed E-state index contributed by atoms with van der Waals surface area (Å²) >= 11 is 6.82. The minimum atomic E-state index is -0.133. The lowest BCUT2D eigenvalue weighted by molar-refractivity contribution is -0.123. The first-order chi connectivity index (χ1) is 9.16. The Bertz CT molecular complexity index is 428. The van der Waals surface area contributed by atoms with Gasteiger partial charge in [0.1, 0.15) is 6.61 Å². The average molecular weight is 392 g/mol. The van der Waals surface area contributed by atoms with E-state index in [1.165, 1.54) is 0 Å². The Labute approximate surface area is 129 Å². The van der Waals surface area contributed by atoms with Crippen molar-refractivity contribution in [1.82, 2.24) is 5.32 Å². The summed E-state index contributed by atoms with van der Waals surface area (Å²) in [6, 6.07) is 5.66. The minimum absolute atomic E-state index is 0.0957. The van der Waals surface area contributed by atoms with Gasteiger partial charge in [-0.2, -0.15) is 0 Å². The van der Waals surface area contributed by atoms with Crippen LogP contribution in [0.5, 0.6) is 0 Å². The second-order valence-corrected chi connectivity index (χ2v) is 6.11. The zero-order chi connectivity index (χ0) is 13.7. The molecule has 104 valence electrons. The zero-order valence-corrected chi connectivity index (χ0v) is 13.6. The Morgan fingerprint density at radius 3 is 2.58 bits per heavy atom. The highest BCUT2D eigenvalue weighted by atomic mass is 79.9. The van der Waals surface area contributed by atoms with Crippen LogP contribution in [-0.2, 0) is 9.53 Å². The molecule has 0 aliphatic carbocycles. The average Bonchev–Trinajstić information content (AvgIpc) is 2.42. The molecule has 0 unspecified atom stereocenters. The van der Waals surface area contributed by atoms with Crippen molar-refractivity contribution in [2.75, 3.05) is 25.0 Å². The number of ether oxygens (including phenoxy) is 1. The summed E-state index contributed by atoms with van der Waals surface area (Å²) in [5.41, 5.74) is 0.737. The lowest BCUT2D eigenvalue weighted by Gasteiger charge is -2.22. The van der Waals surface area contributed by atoms with E-state index in [9.17, 15) is 4.79 Å². The van der Waals surface area contributed by atoms with Crippen molar-refractivity contribution >= 4 is 43.5 Å². The van der Waals surface area contributed by atoms with E-state index in [1.54, 1.807) is 0 Å². The van der Waals surface area contributed by atoms with Crippen molar-refractivity contribution in [2.24, 2.45) is 0 Å². The number of nitrogens with one attached hydrogen (secondary N) is 2. The Hall–Kier alpha value is -0.430. The summed E-state index contributed by atoms with van der Waals surface area (Å²) in [5.74, 6) is -0.133. The van der Waals surface area contributed by atoms with Gasteiger partial charge in [-0.1, -0.05) is 6.07 Å². The largest absolute Gasteiger partial charge is 0.368 e. The zero-order valence-electron chi connectivity index (χ0n) is 10.4. The number of amides is 1. The molecule has 0 spiro atoms. The lowest BCUT2D eigenvalue weighted by atomic mass is 10.1. The van der Waals surface area contributed by atoms with Gasteiger partial charge < -0.3 is 15.4 Å². The molecule has 0 bridgehead atoms. The van der Waals surface area contributed by atoms with Crippen LogP contribution in [-0.4, -0.2) is 31.7 Å². The molecule has 2 rings (SSSR count). The van der Waals surface area contributed by atoms with Crippen molar-refractivity contribution in [3.05, 3.63) is 27.1 Å². The summed E-state index contributed by atoms with van der Waals surface area (Å²) in [5, 5.41) is 6.11. The molecule has 1 amide bonds. The minimum Gasteiger partial charge on any atom is -0.368 e. The van der Waals surface area contributed by atoms with Crippen LogP contribution in [0.15, 0.2) is 27.1 Å². The maximum absolute atomic E-state index is 11.9. The number of carbonyl (C=O) groups excluding carboxylic acids is 1. The summed E-state index contributed by atoms with van der Waals surface area (Å²) < 4.78 is 7.30. The monoisotopic (exact) mass is 390 g/mol. The second-order valence-electron chi connectivity index (χ2n) is 4.41. The molecule has 19 heavy (non-hydrogen) atoms. The fraction of sp³-hybridized carbons (Fsp3) is 0.462.